The van der Waals surface area contributed by atoms with Crippen molar-refractivity contribution in [2.75, 3.05) is 14.2 Å². The van der Waals surface area contributed by atoms with Crippen LogP contribution in [0.25, 0.3) is 10.9 Å². The molecule has 20 heavy (non-hydrogen) atoms. The van der Waals surface area contributed by atoms with E-state index in [4.69, 9.17) is 9.47 Å². The SMILES string of the molecule is COc1cc2nc(=O)[nH]c(C3CCCC3)c2cc1OC. The van der Waals surface area contributed by atoms with Crippen LogP contribution in [0.1, 0.15) is 37.3 Å². The van der Waals surface area contributed by atoms with Crippen LogP contribution in [0.4, 0.5) is 0 Å². The molecule has 3 rings (SSSR count). The summed E-state index contributed by atoms with van der Waals surface area (Å²) >= 11 is 0. The minimum absolute atomic E-state index is 0.299. The number of methoxy groups -OCH3 is 2. The molecule has 0 unspecified atom stereocenters. The van der Waals surface area contributed by atoms with E-state index in [1.54, 1.807) is 20.3 Å². The molecule has 0 saturated heterocycles. The molecule has 0 spiro atoms. The van der Waals surface area contributed by atoms with Gasteiger partial charge in [0.25, 0.3) is 0 Å². The zero-order chi connectivity index (χ0) is 14.1. The number of ether oxygens (including phenoxy) is 2. The van der Waals surface area contributed by atoms with Crippen molar-refractivity contribution in [3.8, 4) is 11.5 Å². The van der Waals surface area contributed by atoms with Gasteiger partial charge in [0.05, 0.1) is 19.7 Å². The van der Waals surface area contributed by atoms with Gasteiger partial charge >= 0.3 is 5.69 Å². The van der Waals surface area contributed by atoms with Crippen molar-refractivity contribution >= 4 is 10.9 Å². The minimum Gasteiger partial charge on any atom is -0.493 e. The molecule has 1 saturated carbocycles. The van der Waals surface area contributed by atoms with E-state index >= 15 is 0 Å². The third kappa shape index (κ3) is 2.13. The molecule has 106 valence electrons. The lowest BCUT2D eigenvalue weighted by molar-refractivity contribution is 0.355. The average Bonchev–Trinajstić information content (AvgIpc) is 2.98. The van der Waals surface area contributed by atoms with Gasteiger partial charge < -0.3 is 14.5 Å². The fourth-order valence-corrected chi connectivity index (χ4v) is 3.03. The molecule has 1 aromatic carbocycles. The summed E-state index contributed by atoms with van der Waals surface area (Å²) in [6.07, 6.45) is 4.65. The highest BCUT2D eigenvalue weighted by Gasteiger charge is 2.22. The Morgan fingerprint density at radius 1 is 1.15 bits per heavy atom. The van der Waals surface area contributed by atoms with E-state index in [-0.39, 0.29) is 5.69 Å². The smallest absolute Gasteiger partial charge is 0.345 e. The van der Waals surface area contributed by atoms with E-state index in [2.05, 4.69) is 9.97 Å². The Bertz CT molecular complexity index is 687. The van der Waals surface area contributed by atoms with Crippen LogP contribution in [0, 0.1) is 0 Å². The molecule has 1 heterocycles. The largest absolute Gasteiger partial charge is 0.493 e. The third-order valence-corrected chi connectivity index (χ3v) is 4.02. The zero-order valence-corrected chi connectivity index (χ0v) is 11.7. The zero-order valence-electron chi connectivity index (χ0n) is 11.7. The van der Waals surface area contributed by atoms with Gasteiger partial charge in [-0.15, -0.1) is 0 Å². The Kier molecular flexibility index (Phi) is 3.34. The quantitative estimate of drug-likeness (QED) is 0.934. The standard InChI is InChI=1S/C15H18N2O3/c1-19-12-7-10-11(8-13(12)20-2)16-15(18)17-14(10)9-5-3-4-6-9/h7-9H,3-6H2,1-2H3,(H,16,17,18). The Morgan fingerprint density at radius 3 is 2.45 bits per heavy atom. The monoisotopic (exact) mass is 274 g/mol. The summed E-state index contributed by atoms with van der Waals surface area (Å²) in [6.45, 7) is 0. The van der Waals surface area contributed by atoms with Crippen molar-refractivity contribution in [3.63, 3.8) is 0 Å². The first-order chi connectivity index (χ1) is 9.72. The molecule has 2 aromatic rings. The number of aromatic nitrogens is 2. The van der Waals surface area contributed by atoms with Crippen LogP contribution >= 0.6 is 0 Å². The van der Waals surface area contributed by atoms with Crippen molar-refractivity contribution in [1.29, 1.82) is 0 Å². The highest BCUT2D eigenvalue weighted by molar-refractivity contribution is 5.85. The summed E-state index contributed by atoms with van der Waals surface area (Å²) in [4.78, 5) is 18.7. The van der Waals surface area contributed by atoms with Gasteiger partial charge in [-0.05, 0) is 24.8 Å². The third-order valence-electron chi connectivity index (χ3n) is 4.02. The second-order valence-electron chi connectivity index (χ2n) is 5.16. The van der Waals surface area contributed by atoms with Crippen LogP contribution < -0.4 is 15.2 Å². The summed E-state index contributed by atoms with van der Waals surface area (Å²) < 4.78 is 10.6. The Morgan fingerprint density at radius 2 is 1.80 bits per heavy atom. The first-order valence-electron chi connectivity index (χ1n) is 6.89. The number of hydrogen-bond acceptors (Lipinski definition) is 4. The molecule has 0 radical (unpaired) electrons. The van der Waals surface area contributed by atoms with Crippen molar-refractivity contribution < 1.29 is 9.47 Å². The van der Waals surface area contributed by atoms with Crippen LogP contribution in [0.5, 0.6) is 11.5 Å². The molecule has 0 atom stereocenters. The number of aromatic amines is 1. The molecule has 1 aliphatic carbocycles. The van der Waals surface area contributed by atoms with Gasteiger partial charge in [0.1, 0.15) is 0 Å². The second-order valence-corrected chi connectivity index (χ2v) is 5.16. The first-order valence-corrected chi connectivity index (χ1v) is 6.89. The second kappa shape index (κ2) is 5.15. The van der Waals surface area contributed by atoms with Crippen molar-refractivity contribution in [3.05, 3.63) is 28.3 Å². The number of H-pyrrole nitrogens is 1. The summed E-state index contributed by atoms with van der Waals surface area (Å²) in [6, 6.07) is 3.67. The van der Waals surface area contributed by atoms with Crippen LogP contribution in [0.3, 0.4) is 0 Å². The number of hydrogen-bond donors (Lipinski definition) is 1. The fourth-order valence-electron chi connectivity index (χ4n) is 3.03. The van der Waals surface area contributed by atoms with Crippen molar-refractivity contribution in [2.45, 2.75) is 31.6 Å². The lowest BCUT2D eigenvalue weighted by Gasteiger charge is -2.14. The molecule has 1 aromatic heterocycles. The molecular weight excluding hydrogens is 256 g/mol. The maximum atomic E-state index is 11.8. The van der Waals surface area contributed by atoms with Gasteiger partial charge in [0, 0.05) is 17.1 Å². The van der Waals surface area contributed by atoms with Gasteiger partial charge in [-0.3, -0.25) is 0 Å². The lowest BCUT2D eigenvalue weighted by atomic mass is 9.99. The number of nitrogens with zero attached hydrogens (tertiary/aromatic N) is 1. The summed E-state index contributed by atoms with van der Waals surface area (Å²) in [7, 11) is 3.19. The number of benzene rings is 1. The number of fused-ring (bicyclic) bond motifs is 1. The minimum atomic E-state index is -0.299. The Labute approximate surface area is 116 Å². The molecule has 1 fully saturated rings. The van der Waals surface area contributed by atoms with Crippen molar-refractivity contribution in [1.82, 2.24) is 9.97 Å². The summed E-state index contributed by atoms with van der Waals surface area (Å²) in [5, 5.41) is 0.953. The highest BCUT2D eigenvalue weighted by Crippen LogP contribution is 2.38. The van der Waals surface area contributed by atoms with Crippen LogP contribution in [0.15, 0.2) is 16.9 Å². The van der Waals surface area contributed by atoms with E-state index in [1.165, 1.54) is 12.8 Å². The van der Waals surface area contributed by atoms with Crippen LogP contribution in [-0.2, 0) is 0 Å². The Hall–Kier alpha value is -2.04. The van der Waals surface area contributed by atoms with E-state index in [0.29, 0.717) is 22.9 Å². The van der Waals surface area contributed by atoms with Gasteiger partial charge in [-0.25, -0.2) is 4.79 Å². The summed E-state index contributed by atoms with van der Waals surface area (Å²) in [5.74, 6) is 1.66. The molecule has 5 nitrogen and oxygen atoms in total. The average molecular weight is 274 g/mol. The highest BCUT2D eigenvalue weighted by atomic mass is 16.5. The van der Waals surface area contributed by atoms with E-state index in [1.807, 2.05) is 6.07 Å². The summed E-state index contributed by atoms with van der Waals surface area (Å²) in [5.41, 5.74) is 1.35. The van der Waals surface area contributed by atoms with E-state index in [9.17, 15) is 4.79 Å². The van der Waals surface area contributed by atoms with Gasteiger partial charge in [-0.2, -0.15) is 4.98 Å². The normalized spacial score (nSPS) is 15.7. The Balaban J connectivity index is 2.25. The van der Waals surface area contributed by atoms with Crippen LogP contribution in [-0.4, -0.2) is 24.2 Å². The fraction of sp³-hybridized carbons (Fsp3) is 0.467. The molecule has 1 aliphatic rings. The van der Waals surface area contributed by atoms with Crippen molar-refractivity contribution in [2.24, 2.45) is 0 Å². The lowest BCUT2D eigenvalue weighted by Crippen LogP contribution is -2.15. The molecule has 0 aliphatic heterocycles. The van der Waals surface area contributed by atoms with Gasteiger partial charge in [0.2, 0.25) is 0 Å². The molecule has 0 bridgehead atoms. The molecule has 0 amide bonds. The van der Waals surface area contributed by atoms with E-state index < -0.39 is 0 Å². The van der Waals surface area contributed by atoms with Gasteiger partial charge in [-0.1, -0.05) is 12.8 Å². The predicted octanol–water partition coefficient (Wildman–Crippen LogP) is 2.60. The maximum Gasteiger partial charge on any atom is 0.345 e. The molecule has 1 N–H and O–H groups in total. The molecular formula is C15H18N2O3. The topological polar surface area (TPSA) is 64.2 Å². The van der Waals surface area contributed by atoms with E-state index in [0.717, 1.165) is 23.9 Å². The van der Waals surface area contributed by atoms with Crippen LogP contribution in [0.2, 0.25) is 0 Å². The maximum absolute atomic E-state index is 11.8. The molecule has 5 heteroatoms. The number of rotatable bonds is 3. The first kappa shape index (κ1) is 13.0. The number of nitrogens with one attached hydrogen (secondary N) is 1. The predicted molar refractivity (Wildman–Crippen MR) is 76.7 cm³/mol. The van der Waals surface area contributed by atoms with Gasteiger partial charge in [0.15, 0.2) is 11.5 Å².